The van der Waals surface area contributed by atoms with Gasteiger partial charge in [0, 0.05) is 24.6 Å². The monoisotopic (exact) mass is 288 g/mol. The Labute approximate surface area is 123 Å². The molecule has 0 amide bonds. The van der Waals surface area contributed by atoms with Crippen LogP contribution in [0.2, 0.25) is 0 Å². The molecule has 3 rings (SSSR count). The van der Waals surface area contributed by atoms with Crippen LogP contribution in [0, 0.1) is 5.92 Å². The highest BCUT2D eigenvalue weighted by atomic mass is 16.5. The maximum atomic E-state index is 5.81. The van der Waals surface area contributed by atoms with Gasteiger partial charge in [-0.15, -0.1) is 0 Å². The van der Waals surface area contributed by atoms with Gasteiger partial charge in [-0.25, -0.2) is 4.98 Å². The van der Waals surface area contributed by atoms with Crippen molar-refractivity contribution >= 4 is 0 Å². The second-order valence-electron chi connectivity index (χ2n) is 5.47. The number of pyridine rings is 1. The highest BCUT2D eigenvalue weighted by molar-refractivity contribution is 5.20. The summed E-state index contributed by atoms with van der Waals surface area (Å²) in [5, 5.41) is 4.08. The van der Waals surface area contributed by atoms with Crippen LogP contribution in [0.5, 0.6) is 5.88 Å². The molecule has 2 unspecified atom stereocenters. The number of methoxy groups -OCH3 is 1. The zero-order valence-electron chi connectivity index (χ0n) is 12.2. The number of aromatic nitrogens is 3. The highest BCUT2D eigenvalue weighted by Gasteiger charge is 2.31. The third-order valence-electron chi connectivity index (χ3n) is 4.13. The van der Waals surface area contributed by atoms with Gasteiger partial charge in [-0.05, 0) is 30.9 Å². The van der Waals surface area contributed by atoms with E-state index in [-0.39, 0.29) is 0 Å². The van der Waals surface area contributed by atoms with Gasteiger partial charge in [-0.2, -0.15) is 4.98 Å². The van der Waals surface area contributed by atoms with Crippen LogP contribution in [0.3, 0.4) is 0 Å². The van der Waals surface area contributed by atoms with Gasteiger partial charge in [0.05, 0.1) is 7.11 Å². The lowest BCUT2D eigenvalue weighted by Crippen LogP contribution is -2.17. The Morgan fingerprint density at radius 2 is 2.29 bits per heavy atom. The van der Waals surface area contributed by atoms with Gasteiger partial charge in [-0.3, -0.25) is 0 Å². The van der Waals surface area contributed by atoms with Crippen LogP contribution in [0.25, 0.3) is 0 Å². The molecule has 2 heterocycles. The van der Waals surface area contributed by atoms with Crippen molar-refractivity contribution in [3.05, 3.63) is 35.6 Å². The topological polar surface area (TPSA) is 87.1 Å². The van der Waals surface area contributed by atoms with Crippen molar-refractivity contribution in [3.63, 3.8) is 0 Å². The first kappa shape index (κ1) is 14.0. The van der Waals surface area contributed by atoms with Crippen molar-refractivity contribution in [2.75, 3.05) is 13.7 Å². The number of hydrogen-bond acceptors (Lipinski definition) is 6. The summed E-state index contributed by atoms with van der Waals surface area (Å²) in [6.07, 6.45) is 5.81. The molecule has 0 saturated heterocycles. The van der Waals surface area contributed by atoms with Gasteiger partial charge in [0.25, 0.3) is 0 Å². The molecule has 0 aliphatic heterocycles. The molecule has 0 aromatic carbocycles. The van der Waals surface area contributed by atoms with E-state index in [2.05, 4.69) is 15.1 Å². The van der Waals surface area contributed by atoms with Gasteiger partial charge in [0.15, 0.2) is 5.82 Å². The minimum absolute atomic E-state index is 0.324. The van der Waals surface area contributed by atoms with Crippen LogP contribution >= 0.6 is 0 Å². The van der Waals surface area contributed by atoms with E-state index in [1.54, 1.807) is 13.3 Å². The number of nitrogens with zero attached hydrogens (tertiary/aromatic N) is 3. The summed E-state index contributed by atoms with van der Waals surface area (Å²) in [6, 6.07) is 3.79. The van der Waals surface area contributed by atoms with Crippen LogP contribution in [-0.4, -0.2) is 28.8 Å². The predicted octanol–water partition coefficient (Wildman–Crippen LogP) is 1.91. The Morgan fingerprint density at radius 1 is 1.38 bits per heavy atom. The van der Waals surface area contributed by atoms with E-state index in [1.165, 1.54) is 6.42 Å². The van der Waals surface area contributed by atoms with Gasteiger partial charge < -0.3 is 15.0 Å². The predicted molar refractivity (Wildman–Crippen MR) is 77.0 cm³/mol. The van der Waals surface area contributed by atoms with Gasteiger partial charge in [-0.1, -0.05) is 17.6 Å². The maximum absolute atomic E-state index is 5.81. The minimum atomic E-state index is 0.324. The van der Waals surface area contributed by atoms with E-state index in [4.69, 9.17) is 15.0 Å². The van der Waals surface area contributed by atoms with Gasteiger partial charge in [0.1, 0.15) is 0 Å². The molecule has 1 saturated carbocycles. The molecule has 2 atom stereocenters. The Bertz CT molecular complexity index is 582. The quantitative estimate of drug-likeness (QED) is 0.904. The van der Waals surface area contributed by atoms with Crippen LogP contribution in [-0.2, 0) is 6.42 Å². The normalized spacial score (nSPS) is 21.6. The molecule has 0 radical (unpaired) electrons. The average molecular weight is 288 g/mol. The Kier molecular flexibility index (Phi) is 4.15. The Morgan fingerprint density at radius 3 is 3.00 bits per heavy atom. The number of rotatable bonds is 5. The van der Waals surface area contributed by atoms with Crippen molar-refractivity contribution in [3.8, 4) is 5.88 Å². The first-order chi connectivity index (χ1) is 10.3. The summed E-state index contributed by atoms with van der Waals surface area (Å²) in [5.41, 5.74) is 6.84. The molecular formula is C15H20N4O2. The van der Waals surface area contributed by atoms with Crippen molar-refractivity contribution < 1.29 is 9.26 Å². The molecule has 1 aliphatic rings. The van der Waals surface area contributed by atoms with E-state index in [0.717, 1.165) is 24.3 Å². The molecule has 6 heteroatoms. The van der Waals surface area contributed by atoms with E-state index < -0.39 is 0 Å². The van der Waals surface area contributed by atoms with Crippen LogP contribution in [0.15, 0.2) is 22.9 Å². The number of ether oxygens (including phenoxy) is 1. The highest BCUT2D eigenvalue weighted by Crippen LogP contribution is 2.38. The summed E-state index contributed by atoms with van der Waals surface area (Å²) in [6.45, 7) is 0.685. The zero-order chi connectivity index (χ0) is 14.7. The lowest BCUT2D eigenvalue weighted by Gasteiger charge is -2.12. The largest absolute Gasteiger partial charge is 0.481 e. The SMILES string of the molecule is COc1ccc(Cc2noc(C3CCCC3CN)n2)cn1. The van der Waals surface area contributed by atoms with Crippen molar-refractivity contribution in [1.29, 1.82) is 0 Å². The minimum Gasteiger partial charge on any atom is -0.481 e. The van der Waals surface area contributed by atoms with E-state index in [1.807, 2.05) is 12.1 Å². The molecule has 21 heavy (non-hydrogen) atoms. The fourth-order valence-corrected chi connectivity index (χ4v) is 2.95. The molecule has 2 aromatic heterocycles. The van der Waals surface area contributed by atoms with Crippen molar-refractivity contribution in [2.45, 2.75) is 31.6 Å². The Hall–Kier alpha value is -1.95. The summed E-state index contributed by atoms with van der Waals surface area (Å²) < 4.78 is 10.5. The fraction of sp³-hybridized carbons (Fsp3) is 0.533. The van der Waals surface area contributed by atoms with Gasteiger partial charge >= 0.3 is 0 Å². The number of nitrogens with two attached hydrogens (primary N) is 1. The van der Waals surface area contributed by atoms with Crippen molar-refractivity contribution in [2.24, 2.45) is 11.7 Å². The second-order valence-corrected chi connectivity index (χ2v) is 5.47. The Balaban J connectivity index is 1.69. The van der Waals surface area contributed by atoms with Crippen molar-refractivity contribution in [1.82, 2.24) is 15.1 Å². The smallest absolute Gasteiger partial charge is 0.230 e. The molecule has 1 aliphatic carbocycles. The third kappa shape index (κ3) is 3.05. The molecule has 0 spiro atoms. The molecule has 112 valence electrons. The lowest BCUT2D eigenvalue weighted by molar-refractivity contribution is 0.323. The lowest BCUT2D eigenvalue weighted by atomic mass is 9.96. The fourth-order valence-electron chi connectivity index (χ4n) is 2.95. The standard InChI is InChI=1S/C15H20N4O2/c1-20-14-6-5-10(9-17-14)7-13-18-15(21-19-13)12-4-2-3-11(12)8-16/h5-6,9,11-12H,2-4,7-8,16H2,1H3. The summed E-state index contributed by atoms with van der Waals surface area (Å²) in [7, 11) is 1.60. The zero-order valence-corrected chi connectivity index (χ0v) is 12.2. The molecule has 1 fully saturated rings. The summed E-state index contributed by atoms with van der Waals surface area (Å²) >= 11 is 0. The molecule has 0 bridgehead atoms. The first-order valence-corrected chi connectivity index (χ1v) is 7.31. The van der Waals surface area contributed by atoms with E-state index in [0.29, 0.717) is 36.5 Å². The molecular weight excluding hydrogens is 268 g/mol. The summed E-state index contributed by atoms with van der Waals surface area (Å²) in [5.74, 6) is 2.83. The maximum Gasteiger partial charge on any atom is 0.230 e. The second kappa shape index (κ2) is 6.22. The molecule has 2 N–H and O–H groups in total. The molecule has 2 aromatic rings. The number of hydrogen-bond donors (Lipinski definition) is 1. The first-order valence-electron chi connectivity index (χ1n) is 7.31. The van der Waals surface area contributed by atoms with E-state index in [9.17, 15) is 0 Å². The van der Waals surface area contributed by atoms with Gasteiger partial charge in [0.2, 0.25) is 11.8 Å². The van der Waals surface area contributed by atoms with E-state index >= 15 is 0 Å². The van der Waals surface area contributed by atoms with Crippen LogP contribution in [0.4, 0.5) is 0 Å². The molecule has 6 nitrogen and oxygen atoms in total. The van der Waals surface area contributed by atoms with Crippen LogP contribution in [0.1, 0.15) is 42.5 Å². The summed E-state index contributed by atoms with van der Waals surface area (Å²) in [4.78, 5) is 8.71. The third-order valence-corrected chi connectivity index (χ3v) is 4.13. The van der Waals surface area contributed by atoms with Crippen LogP contribution < -0.4 is 10.5 Å². The average Bonchev–Trinajstić information content (AvgIpc) is 3.16.